The topological polar surface area (TPSA) is 97.9 Å². The van der Waals surface area contributed by atoms with E-state index < -0.39 is 0 Å². The number of rotatable bonds is 18. The summed E-state index contributed by atoms with van der Waals surface area (Å²) >= 11 is 0. The molecule has 0 fully saturated rings. The Labute approximate surface area is 252 Å². The van der Waals surface area contributed by atoms with Crippen molar-refractivity contribution in [3.8, 4) is 0 Å². The molecule has 0 amide bonds. The summed E-state index contributed by atoms with van der Waals surface area (Å²) in [5.41, 5.74) is 5.23. The first kappa shape index (κ1) is 41.3. The summed E-state index contributed by atoms with van der Waals surface area (Å²) in [4.78, 5) is 27.5. The van der Waals surface area contributed by atoms with E-state index in [9.17, 15) is 9.59 Å². The monoisotopic (exact) mass is 581 g/mol. The summed E-state index contributed by atoms with van der Waals surface area (Å²) in [6.07, 6.45) is 1.38. The van der Waals surface area contributed by atoms with E-state index in [4.69, 9.17) is 14.3 Å². The maximum absolute atomic E-state index is 11.3. The fourth-order valence-corrected chi connectivity index (χ4v) is 2.95. The van der Waals surface area contributed by atoms with Crippen molar-refractivity contribution in [3.63, 3.8) is 0 Å². The van der Waals surface area contributed by atoms with Gasteiger partial charge in [-0.1, -0.05) is 93.5 Å². The second-order valence-electron chi connectivity index (χ2n) is 12.1. The molecular weight excluding hydrogens is 518 g/mol. The van der Waals surface area contributed by atoms with E-state index in [0.717, 1.165) is 25.1 Å². The highest BCUT2D eigenvalue weighted by molar-refractivity contribution is 5.82. The molecule has 0 bridgehead atoms. The fraction of sp³-hybridized carbons (Fsp3) is 0.758. The van der Waals surface area contributed by atoms with Crippen molar-refractivity contribution in [2.75, 3.05) is 32.8 Å². The van der Waals surface area contributed by atoms with Crippen LogP contribution in [0.25, 0.3) is 0 Å². The maximum atomic E-state index is 11.3. The van der Waals surface area contributed by atoms with E-state index in [1.807, 2.05) is 67.5 Å². The Morgan fingerprint density at radius 3 is 1.73 bits per heavy atom. The standard InChI is InChI=1S/C15H22O2.C10H24N2O2.C8H17NO/c1-11(2)9-13-5-7-14(8-6-13)10-17-15(16)12(3)4;1-9(2)11-5-8-14-12-6-7-13-10(3)4;1-6(2)8(10)5-9-7(3)4/h5-8,11-12H,9-10H2,1-4H3;9-12H,5-8H2,1-4H3;6-7,9H,5H2,1-4H3. The van der Waals surface area contributed by atoms with Crippen LogP contribution in [0.4, 0.5) is 0 Å². The van der Waals surface area contributed by atoms with E-state index in [-0.39, 0.29) is 23.6 Å². The molecule has 0 aliphatic heterocycles. The molecule has 0 aliphatic carbocycles. The highest BCUT2D eigenvalue weighted by atomic mass is 16.6. The largest absolute Gasteiger partial charge is 0.461 e. The molecule has 0 atom stereocenters. The van der Waals surface area contributed by atoms with E-state index in [1.165, 1.54) is 5.56 Å². The van der Waals surface area contributed by atoms with Crippen molar-refractivity contribution in [2.24, 2.45) is 17.8 Å². The zero-order valence-corrected chi connectivity index (χ0v) is 28.3. The lowest BCUT2D eigenvalue weighted by atomic mass is 10.0. The molecule has 1 rings (SSSR count). The maximum Gasteiger partial charge on any atom is 0.308 e. The Morgan fingerprint density at radius 2 is 1.27 bits per heavy atom. The number of esters is 1. The molecule has 0 heterocycles. The number of ether oxygens (including phenoxy) is 2. The van der Waals surface area contributed by atoms with E-state index in [0.29, 0.717) is 50.5 Å². The van der Waals surface area contributed by atoms with Crippen LogP contribution >= 0.6 is 0 Å². The van der Waals surface area contributed by atoms with Crippen LogP contribution in [0.15, 0.2) is 24.3 Å². The normalized spacial score (nSPS) is 11.2. The lowest BCUT2D eigenvalue weighted by molar-refractivity contribution is -0.148. The Kier molecular flexibility index (Phi) is 26.0. The van der Waals surface area contributed by atoms with E-state index in [2.05, 4.69) is 55.9 Å². The Morgan fingerprint density at radius 1 is 0.707 bits per heavy atom. The number of ketones is 1. The predicted molar refractivity (Wildman–Crippen MR) is 171 cm³/mol. The van der Waals surface area contributed by atoms with Gasteiger partial charge in [0.1, 0.15) is 12.4 Å². The lowest BCUT2D eigenvalue weighted by Gasteiger charge is -2.10. The average molecular weight is 582 g/mol. The quantitative estimate of drug-likeness (QED) is 0.115. The number of carbonyl (C=O) groups excluding carboxylic acids is 2. The van der Waals surface area contributed by atoms with Gasteiger partial charge in [-0.15, -0.1) is 0 Å². The number of hydrogen-bond donors (Lipinski definition) is 3. The smallest absolute Gasteiger partial charge is 0.308 e. The van der Waals surface area contributed by atoms with E-state index in [1.54, 1.807) is 0 Å². The molecule has 0 radical (unpaired) electrons. The molecule has 1 aromatic carbocycles. The van der Waals surface area contributed by atoms with Crippen LogP contribution in [-0.2, 0) is 36.9 Å². The summed E-state index contributed by atoms with van der Waals surface area (Å²) in [6.45, 7) is 28.1. The van der Waals surface area contributed by atoms with Crippen molar-refractivity contribution in [1.82, 2.24) is 16.1 Å². The van der Waals surface area contributed by atoms with Crippen LogP contribution in [0.1, 0.15) is 94.2 Å². The molecule has 240 valence electrons. The number of benzene rings is 1. The van der Waals surface area contributed by atoms with Gasteiger partial charge in [-0.3, -0.25) is 9.59 Å². The minimum atomic E-state index is -0.142. The van der Waals surface area contributed by atoms with Crippen LogP contribution in [-0.4, -0.2) is 62.8 Å². The van der Waals surface area contributed by atoms with Crippen molar-refractivity contribution in [3.05, 3.63) is 35.4 Å². The van der Waals surface area contributed by atoms with Gasteiger partial charge in [0.2, 0.25) is 0 Å². The average Bonchev–Trinajstić information content (AvgIpc) is 2.88. The van der Waals surface area contributed by atoms with Gasteiger partial charge in [-0.2, -0.15) is 0 Å². The molecule has 8 nitrogen and oxygen atoms in total. The first-order chi connectivity index (χ1) is 19.1. The number of Topliss-reactive ketones (excluding diaryl/α,β-unsaturated/α-hetero) is 1. The molecule has 8 heteroatoms. The second-order valence-corrected chi connectivity index (χ2v) is 12.1. The van der Waals surface area contributed by atoms with Crippen molar-refractivity contribution in [2.45, 2.75) is 114 Å². The van der Waals surface area contributed by atoms with Gasteiger partial charge >= 0.3 is 5.97 Å². The highest BCUT2D eigenvalue weighted by Gasteiger charge is 2.08. The summed E-state index contributed by atoms with van der Waals surface area (Å²) < 4.78 is 10.5. The molecular formula is C33H63N3O5. The molecule has 0 aliphatic rings. The zero-order valence-electron chi connectivity index (χ0n) is 28.3. The number of hydrogen-bond acceptors (Lipinski definition) is 8. The van der Waals surface area contributed by atoms with Gasteiger partial charge in [0.05, 0.1) is 31.8 Å². The van der Waals surface area contributed by atoms with Gasteiger partial charge in [0.15, 0.2) is 0 Å². The lowest BCUT2D eigenvalue weighted by Crippen LogP contribution is -2.31. The van der Waals surface area contributed by atoms with Crippen molar-refractivity contribution >= 4 is 11.8 Å². The van der Waals surface area contributed by atoms with Crippen LogP contribution in [0.3, 0.4) is 0 Å². The zero-order chi connectivity index (χ0) is 31.8. The van der Waals surface area contributed by atoms with Gasteiger partial charge < -0.3 is 24.9 Å². The highest BCUT2D eigenvalue weighted by Crippen LogP contribution is 2.11. The molecule has 3 N–H and O–H groups in total. The van der Waals surface area contributed by atoms with Gasteiger partial charge in [0.25, 0.3) is 0 Å². The van der Waals surface area contributed by atoms with Crippen LogP contribution in [0.5, 0.6) is 0 Å². The van der Waals surface area contributed by atoms with E-state index >= 15 is 0 Å². The van der Waals surface area contributed by atoms with Gasteiger partial charge in [0, 0.05) is 31.1 Å². The van der Waals surface area contributed by atoms with Gasteiger partial charge in [-0.25, -0.2) is 5.48 Å². The van der Waals surface area contributed by atoms with Crippen LogP contribution in [0.2, 0.25) is 0 Å². The summed E-state index contributed by atoms with van der Waals surface area (Å²) in [5.74, 6) is 0.908. The Bertz CT molecular complexity index is 749. The third kappa shape index (κ3) is 29.5. The minimum Gasteiger partial charge on any atom is -0.461 e. The third-order valence-electron chi connectivity index (χ3n) is 5.36. The van der Waals surface area contributed by atoms with Crippen LogP contribution < -0.4 is 16.1 Å². The van der Waals surface area contributed by atoms with Gasteiger partial charge in [-0.05, 0) is 37.3 Å². The Balaban J connectivity index is 0. The SMILES string of the molecule is CC(C)Cc1ccc(COC(=O)C(C)C)cc1.CC(C)NCC(=O)C(C)C.CC(C)NCCONCCOC(C)C. The number of carbonyl (C=O) groups is 2. The Hall–Kier alpha value is -1.84. The molecule has 1 aromatic rings. The molecule has 0 saturated carbocycles. The molecule has 41 heavy (non-hydrogen) atoms. The molecule has 0 aromatic heterocycles. The second kappa shape index (κ2) is 25.8. The van der Waals surface area contributed by atoms with Crippen molar-refractivity contribution in [1.29, 1.82) is 0 Å². The minimum absolute atomic E-state index is 0.0600. The number of nitrogens with one attached hydrogen (secondary N) is 3. The third-order valence-corrected chi connectivity index (χ3v) is 5.36. The summed E-state index contributed by atoms with van der Waals surface area (Å²) in [5, 5.41) is 6.34. The number of hydroxylamine groups is 1. The fourth-order valence-electron chi connectivity index (χ4n) is 2.95. The summed E-state index contributed by atoms with van der Waals surface area (Å²) in [7, 11) is 0. The first-order valence-corrected chi connectivity index (χ1v) is 15.4. The molecule has 0 spiro atoms. The molecule has 0 saturated heterocycles. The first-order valence-electron chi connectivity index (χ1n) is 15.4. The predicted octanol–water partition coefficient (Wildman–Crippen LogP) is 5.72. The summed E-state index contributed by atoms with van der Waals surface area (Å²) in [6, 6.07) is 9.21. The van der Waals surface area contributed by atoms with Crippen molar-refractivity contribution < 1.29 is 23.9 Å². The molecule has 0 unspecified atom stereocenters. The van der Waals surface area contributed by atoms with Crippen LogP contribution in [0, 0.1) is 17.8 Å².